The lowest BCUT2D eigenvalue weighted by Gasteiger charge is -2.35. The molecular formula is C11H20N2O5S2. The van der Waals surface area contributed by atoms with Crippen LogP contribution in [0.1, 0.15) is 13.3 Å². The van der Waals surface area contributed by atoms with Gasteiger partial charge in [-0.2, -0.15) is 16.1 Å². The molecule has 0 aliphatic carbocycles. The summed E-state index contributed by atoms with van der Waals surface area (Å²) in [6.45, 7) is 1.74. The molecule has 1 amide bonds. The van der Waals surface area contributed by atoms with Gasteiger partial charge in [-0.1, -0.05) is 0 Å². The third kappa shape index (κ3) is 4.64. The SMILES string of the molecule is CCS(=O)(=O)N(C)CC(=O)N1CCSCC1CC(=O)O. The molecule has 1 unspecified atom stereocenters. The Hall–Kier alpha value is -0.800. The standard InChI is InChI=1S/C11H20N2O5S2/c1-3-20(17,18)12(2)7-10(14)13-4-5-19-8-9(13)6-11(15)16/h9H,3-8H2,1-2H3,(H,15,16). The summed E-state index contributed by atoms with van der Waals surface area (Å²) in [5.41, 5.74) is 0. The van der Waals surface area contributed by atoms with E-state index in [-0.39, 0.29) is 30.7 Å². The van der Waals surface area contributed by atoms with Gasteiger partial charge in [-0.3, -0.25) is 9.59 Å². The molecule has 20 heavy (non-hydrogen) atoms. The van der Waals surface area contributed by atoms with Crippen LogP contribution >= 0.6 is 11.8 Å². The molecule has 0 spiro atoms. The van der Waals surface area contributed by atoms with Gasteiger partial charge in [0.05, 0.1) is 24.8 Å². The molecule has 9 heteroatoms. The number of carboxylic acids is 1. The Labute approximate surface area is 123 Å². The minimum atomic E-state index is -3.41. The van der Waals surface area contributed by atoms with Gasteiger partial charge in [0, 0.05) is 25.1 Å². The molecule has 1 aliphatic heterocycles. The Morgan fingerprint density at radius 1 is 1.45 bits per heavy atom. The summed E-state index contributed by atoms with van der Waals surface area (Å²) < 4.78 is 24.3. The molecule has 1 N–H and O–H groups in total. The van der Waals surface area contributed by atoms with E-state index in [1.807, 2.05) is 0 Å². The zero-order chi connectivity index (χ0) is 15.3. The van der Waals surface area contributed by atoms with E-state index in [4.69, 9.17) is 5.11 Å². The highest BCUT2D eigenvalue weighted by atomic mass is 32.2. The second-order valence-corrected chi connectivity index (χ2v) is 8.08. The molecule has 1 fully saturated rings. The summed E-state index contributed by atoms with van der Waals surface area (Å²) in [7, 11) is -2.05. The van der Waals surface area contributed by atoms with Crippen molar-refractivity contribution >= 4 is 33.7 Å². The van der Waals surface area contributed by atoms with E-state index >= 15 is 0 Å². The molecule has 0 saturated carbocycles. The normalized spacial score (nSPS) is 20.1. The molecule has 1 rings (SSSR count). The second kappa shape index (κ2) is 7.28. The molecule has 0 aromatic heterocycles. The predicted molar refractivity (Wildman–Crippen MR) is 77.2 cm³/mol. The van der Waals surface area contributed by atoms with E-state index < -0.39 is 16.0 Å². The van der Waals surface area contributed by atoms with Crippen LogP contribution in [-0.4, -0.2) is 78.0 Å². The number of carbonyl (C=O) groups is 2. The fourth-order valence-electron chi connectivity index (χ4n) is 1.95. The lowest BCUT2D eigenvalue weighted by atomic mass is 10.2. The summed E-state index contributed by atoms with van der Waals surface area (Å²) in [6.07, 6.45) is -0.108. The highest BCUT2D eigenvalue weighted by molar-refractivity contribution is 7.99. The first-order valence-electron chi connectivity index (χ1n) is 6.31. The monoisotopic (exact) mass is 324 g/mol. The number of likely N-dealkylation sites (N-methyl/N-ethyl adjacent to an activating group) is 1. The molecule has 1 atom stereocenters. The van der Waals surface area contributed by atoms with Crippen LogP contribution in [0.15, 0.2) is 0 Å². The third-order valence-electron chi connectivity index (χ3n) is 3.16. The molecule has 0 aromatic rings. The molecule has 1 aliphatic rings. The summed E-state index contributed by atoms with van der Waals surface area (Å²) in [5, 5.41) is 8.86. The number of sulfonamides is 1. The van der Waals surface area contributed by atoms with Crippen molar-refractivity contribution in [1.29, 1.82) is 0 Å². The average molecular weight is 324 g/mol. The van der Waals surface area contributed by atoms with Crippen molar-refractivity contribution in [2.45, 2.75) is 19.4 Å². The second-order valence-electron chi connectivity index (χ2n) is 4.57. The Balaban J connectivity index is 2.71. The first kappa shape index (κ1) is 17.3. The largest absolute Gasteiger partial charge is 0.481 e. The van der Waals surface area contributed by atoms with Crippen LogP contribution in [0.25, 0.3) is 0 Å². The Morgan fingerprint density at radius 3 is 2.65 bits per heavy atom. The van der Waals surface area contributed by atoms with Gasteiger partial charge in [-0.25, -0.2) is 8.42 Å². The van der Waals surface area contributed by atoms with Gasteiger partial charge in [-0.05, 0) is 6.92 Å². The molecule has 116 valence electrons. The van der Waals surface area contributed by atoms with E-state index in [1.165, 1.54) is 18.9 Å². The maximum atomic E-state index is 12.2. The predicted octanol–water partition coefficient (Wildman–Crippen LogP) is -0.313. The van der Waals surface area contributed by atoms with E-state index in [2.05, 4.69) is 0 Å². The van der Waals surface area contributed by atoms with Crippen molar-refractivity contribution in [1.82, 2.24) is 9.21 Å². The lowest BCUT2D eigenvalue weighted by Crippen LogP contribution is -2.50. The molecule has 7 nitrogen and oxygen atoms in total. The van der Waals surface area contributed by atoms with Crippen molar-refractivity contribution in [2.24, 2.45) is 0 Å². The molecule has 1 heterocycles. The van der Waals surface area contributed by atoms with Crippen LogP contribution in [0.3, 0.4) is 0 Å². The summed E-state index contributed by atoms with van der Waals surface area (Å²) in [6, 6.07) is -0.364. The molecule has 0 radical (unpaired) electrons. The van der Waals surface area contributed by atoms with Crippen LogP contribution in [0.5, 0.6) is 0 Å². The minimum absolute atomic E-state index is 0.0643. The molecule has 1 saturated heterocycles. The smallest absolute Gasteiger partial charge is 0.305 e. The van der Waals surface area contributed by atoms with Crippen molar-refractivity contribution in [3.05, 3.63) is 0 Å². The van der Waals surface area contributed by atoms with Gasteiger partial charge in [0.15, 0.2) is 0 Å². The van der Waals surface area contributed by atoms with Crippen molar-refractivity contribution in [2.75, 3.05) is 37.4 Å². The van der Waals surface area contributed by atoms with Gasteiger partial charge in [0.1, 0.15) is 0 Å². The van der Waals surface area contributed by atoms with Crippen molar-refractivity contribution in [3.8, 4) is 0 Å². The molecular weight excluding hydrogens is 304 g/mol. The van der Waals surface area contributed by atoms with E-state index in [9.17, 15) is 18.0 Å². The fraction of sp³-hybridized carbons (Fsp3) is 0.818. The minimum Gasteiger partial charge on any atom is -0.481 e. The maximum Gasteiger partial charge on any atom is 0.305 e. The highest BCUT2D eigenvalue weighted by Crippen LogP contribution is 2.19. The lowest BCUT2D eigenvalue weighted by molar-refractivity contribution is -0.140. The van der Waals surface area contributed by atoms with E-state index in [0.717, 1.165) is 10.1 Å². The quantitative estimate of drug-likeness (QED) is 0.720. The summed E-state index contributed by atoms with van der Waals surface area (Å²) in [4.78, 5) is 24.5. The molecule has 0 bridgehead atoms. The van der Waals surface area contributed by atoms with Gasteiger partial charge in [0.25, 0.3) is 0 Å². The zero-order valence-corrected chi connectivity index (χ0v) is 13.2. The summed E-state index contributed by atoms with van der Waals surface area (Å²) in [5.74, 6) is -0.0413. The van der Waals surface area contributed by atoms with Gasteiger partial charge in [-0.15, -0.1) is 0 Å². The van der Waals surface area contributed by atoms with E-state index in [0.29, 0.717) is 12.3 Å². The number of hydrogen-bond donors (Lipinski definition) is 1. The number of carbonyl (C=O) groups excluding carboxylic acids is 1. The Kier molecular flexibility index (Phi) is 6.28. The zero-order valence-electron chi connectivity index (χ0n) is 11.6. The Bertz CT molecular complexity index is 465. The topological polar surface area (TPSA) is 95.0 Å². The number of rotatable bonds is 6. The molecule has 0 aromatic carbocycles. The van der Waals surface area contributed by atoms with Crippen molar-refractivity contribution < 1.29 is 23.1 Å². The number of hydrogen-bond acceptors (Lipinski definition) is 5. The number of amides is 1. The van der Waals surface area contributed by atoms with Gasteiger partial charge < -0.3 is 10.0 Å². The summed E-state index contributed by atoms with van der Waals surface area (Å²) >= 11 is 1.61. The number of aliphatic carboxylic acids is 1. The van der Waals surface area contributed by atoms with Gasteiger partial charge >= 0.3 is 5.97 Å². The maximum absolute atomic E-state index is 12.2. The van der Waals surface area contributed by atoms with E-state index in [1.54, 1.807) is 11.8 Å². The van der Waals surface area contributed by atoms with Crippen LogP contribution in [-0.2, 0) is 19.6 Å². The highest BCUT2D eigenvalue weighted by Gasteiger charge is 2.30. The van der Waals surface area contributed by atoms with Crippen LogP contribution < -0.4 is 0 Å². The van der Waals surface area contributed by atoms with Crippen molar-refractivity contribution in [3.63, 3.8) is 0 Å². The number of thioether (sulfide) groups is 1. The number of carboxylic acid groups (broad SMARTS) is 1. The average Bonchev–Trinajstić information content (AvgIpc) is 2.38. The van der Waals surface area contributed by atoms with Crippen LogP contribution in [0.4, 0.5) is 0 Å². The Morgan fingerprint density at radius 2 is 2.10 bits per heavy atom. The van der Waals surface area contributed by atoms with Crippen LogP contribution in [0, 0.1) is 0 Å². The third-order valence-corrected chi connectivity index (χ3v) is 6.06. The van der Waals surface area contributed by atoms with Crippen LogP contribution in [0.2, 0.25) is 0 Å². The van der Waals surface area contributed by atoms with Gasteiger partial charge in [0.2, 0.25) is 15.9 Å². The fourth-order valence-corrected chi connectivity index (χ4v) is 3.76. The number of nitrogens with zero attached hydrogens (tertiary/aromatic N) is 2. The first-order valence-corrected chi connectivity index (χ1v) is 9.07. The first-order chi connectivity index (χ1) is 9.27.